The molecule has 0 bridgehead atoms. The minimum atomic E-state index is -0.499. The van der Waals surface area contributed by atoms with Crippen molar-refractivity contribution in [2.24, 2.45) is 0 Å². The van der Waals surface area contributed by atoms with E-state index in [2.05, 4.69) is 15.9 Å². The van der Waals surface area contributed by atoms with Crippen LogP contribution in [0, 0.1) is 21.4 Å². The normalized spacial score (nSPS) is 11.2. The summed E-state index contributed by atoms with van der Waals surface area (Å²) in [6.07, 6.45) is 1.54. The van der Waals surface area contributed by atoms with Crippen LogP contribution in [0.15, 0.2) is 63.5 Å². The second kappa shape index (κ2) is 7.56. The fourth-order valence-electron chi connectivity index (χ4n) is 2.34. The van der Waals surface area contributed by atoms with Crippen molar-refractivity contribution < 1.29 is 9.34 Å². The van der Waals surface area contributed by atoms with Crippen molar-refractivity contribution in [3.05, 3.63) is 85.5 Å². The number of benzene rings is 2. The number of furan rings is 1. The Hall–Kier alpha value is -2.88. The van der Waals surface area contributed by atoms with Gasteiger partial charge in [0.15, 0.2) is 0 Å². The van der Waals surface area contributed by atoms with E-state index < -0.39 is 4.92 Å². The van der Waals surface area contributed by atoms with Gasteiger partial charge in [0, 0.05) is 22.2 Å². The van der Waals surface area contributed by atoms with Gasteiger partial charge in [-0.15, -0.1) is 0 Å². The van der Waals surface area contributed by atoms with E-state index in [1.165, 1.54) is 18.2 Å². The number of non-ortho nitro benzene ring substituents is 1. The minimum absolute atomic E-state index is 0.0757. The number of halogens is 2. The van der Waals surface area contributed by atoms with Gasteiger partial charge in [0.2, 0.25) is 0 Å². The number of nitro benzene ring substituents is 1. The Balaban J connectivity index is 1.95. The van der Waals surface area contributed by atoms with Gasteiger partial charge in [0.25, 0.3) is 5.69 Å². The van der Waals surface area contributed by atoms with Gasteiger partial charge in [0.05, 0.1) is 21.6 Å². The van der Waals surface area contributed by atoms with E-state index >= 15 is 0 Å². The van der Waals surface area contributed by atoms with Crippen LogP contribution in [-0.4, -0.2) is 4.92 Å². The Bertz CT molecular complexity index is 1070. The molecule has 128 valence electrons. The van der Waals surface area contributed by atoms with Crippen LogP contribution in [0.3, 0.4) is 0 Å². The van der Waals surface area contributed by atoms with Crippen molar-refractivity contribution in [1.29, 1.82) is 5.26 Å². The average Bonchev–Trinajstić information content (AvgIpc) is 3.10. The molecule has 0 aliphatic carbocycles. The van der Waals surface area contributed by atoms with Gasteiger partial charge in [-0.25, -0.2) is 0 Å². The Morgan fingerprint density at radius 3 is 2.73 bits per heavy atom. The second-order valence-electron chi connectivity index (χ2n) is 5.31. The van der Waals surface area contributed by atoms with Gasteiger partial charge in [0.1, 0.15) is 11.5 Å². The summed E-state index contributed by atoms with van der Waals surface area (Å²) in [4.78, 5) is 10.4. The van der Waals surface area contributed by atoms with E-state index in [9.17, 15) is 15.4 Å². The van der Waals surface area contributed by atoms with Crippen LogP contribution in [0.2, 0.25) is 5.02 Å². The van der Waals surface area contributed by atoms with E-state index in [0.29, 0.717) is 22.1 Å². The number of allylic oxidation sites excluding steroid dienone is 1. The van der Waals surface area contributed by atoms with Crippen molar-refractivity contribution in [2.75, 3.05) is 0 Å². The van der Waals surface area contributed by atoms with Gasteiger partial charge in [-0.2, -0.15) is 5.26 Å². The number of nitriles is 1. The van der Waals surface area contributed by atoms with Crippen LogP contribution in [0.25, 0.3) is 23.0 Å². The maximum Gasteiger partial charge on any atom is 0.270 e. The van der Waals surface area contributed by atoms with E-state index in [0.717, 1.165) is 10.0 Å². The van der Waals surface area contributed by atoms with Crippen LogP contribution < -0.4 is 0 Å². The summed E-state index contributed by atoms with van der Waals surface area (Å²) in [7, 11) is 0. The summed E-state index contributed by atoms with van der Waals surface area (Å²) in [5, 5.41) is 20.9. The first kappa shape index (κ1) is 17.9. The van der Waals surface area contributed by atoms with Crippen LogP contribution in [0.1, 0.15) is 11.3 Å². The number of hydrogen-bond donors (Lipinski definition) is 0. The summed E-state index contributed by atoms with van der Waals surface area (Å²) in [5.41, 5.74) is 1.44. The molecule has 3 rings (SSSR count). The lowest BCUT2D eigenvalue weighted by Gasteiger charge is -2.00. The SMILES string of the molecule is N#C/C(=C/c1ccc(-c2ccc(Br)c(Cl)c2)o1)c1cccc([N+](=O)[O-])c1. The summed E-state index contributed by atoms with van der Waals surface area (Å²) < 4.78 is 6.55. The molecule has 0 aliphatic heterocycles. The summed E-state index contributed by atoms with van der Waals surface area (Å²) in [6, 6.07) is 16.9. The third kappa shape index (κ3) is 3.85. The Labute approximate surface area is 162 Å². The Kier molecular flexibility index (Phi) is 5.21. The largest absolute Gasteiger partial charge is 0.457 e. The molecule has 7 heteroatoms. The van der Waals surface area contributed by atoms with Crippen LogP contribution >= 0.6 is 27.5 Å². The Morgan fingerprint density at radius 2 is 2.04 bits per heavy atom. The fraction of sp³-hybridized carbons (Fsp3) is 0. The van der Waals surface area contributed by atoms with Gasteiger partial charge in [-0.05, 0) is 51.8 Å². The van der Waals surface area contributed by atoms with E-state index in [4.69, 9.17) is 16.0 Å². The lowest BCUT2D eigenvalue weighted by Crippen LogP contribution is -1.89. The molecule has 0 radical (unpaired) electrons. The molecule has 2 aromatic carbocycles. The molecule has 5 nitrogen and oxygen atoms in total. The zero-order valence-corrected chi connectivity index (χ0v) is 15.5. The molecule has 1 aromatic heterocycles. The summed E-state index contributed by atoms with van der Waals surface area (Å²) >= 11 is 9.43. The van der Waals surface area contributed by atoms with Crippen molar-refractivity contribution in [2.45, 2.75) is 0 Å². The molecular formula is C19H10BrClN2O3. The molecule has 0 atom stereocenters. The number of nitro groups is 1. The first-order chi connectivity index (χ1) is 12.5. The first-order valence-electron chi connectivity index (χ1n) is 7.40. The van der Waals surface area contributed by atoms with Gasteiger partial charge in [-0.3, -0.25) is 10.1 Å². The molecule has 3 aromatic rings. The molecule has 26 heavy (non-hydrogen) atoms. The van der Waals surface area contributed by atoms with Crippen molar-refractivity contribution in [3.8, 4) is 17.4 Å². The predicted octanol–water partition coefficient (Wildman–Crippen LogP) is 6.33. The fourth-order valence-corrected chi connectivity index (χ4v) is 2.77. The maximum absolute atomic E-state index is 10.9. The van der Waals surface area contributed by atoms with Gasteiger partial charge >= 0.3 is 0 Å². The predicted molar refractivity (Wildman–Crippen MR) is 103 cm³/mol. The molecule has 0 unspecified atom stereocenters. The topological polar surface area (TPSA) is 80.1 Å². The van der Waals surface area contributed by atoms with Crippen LogP contribution in [-0.2, 0) is 0 Å². The maximum atomic E-state index is 10.9. The zero-order chi connectivity index (χ0) is 18.7. The third-order valence-corrected chi connectivity index (χ3v) is 4.84. The summed E-state index contributed by atoms with van der Waals surface area (Å²) in [5.74, 6) is 1.06. The minimum Gasteiger partial charge on any atom is -0.457 e. The molecule has 0 saturated heterocycles. The monoisotopic (exact) mass is 428 g/mol. The van der Waals surface area contributed by atoms with Crippen LogP contribution in [0.5, 0.6) is 0 Å². The van der Waals surface area contributed by atoms with E-state index in [-0.39, 0.29) is 11.3 Å². The van der Waals surface area contributed by atoms with Gasteiger partial charge in [-0.1, -0.05) is 29.8 Å². The summed E-state index contributed by atoms with van der Waals surface area (Å²) in [6.45, 7) is 0. The zero-order valence-electron chi connectivity index (χ0n) is 13.1. The first-order valence-corrected chi connectivity index (χ1v) is 8.57. The Morgan fingerprint density at radius 1 is 1.23 bits per heavy atom. The lowest BCUT2D eigenvalue weighted by molar-refractivity contribution is -0.384. The second-order valence-corrected chi connectivity index (χ2v) is 6.57. The third-order valence-electron chi connectivity index (χ3n) is 3.61. The molecular weight excluding hydrogens is 420 g/mol. The quantitative estimate of drug-likeness (QED) is 0.275. The highest BCUT2D eigenvalue weighted by Gasteiger charge is 2.11. The highest BCUT2D eigenvalue weighted by molar-refractivity contribution is 9.10. The molecule has 0 amide bonds. The molecule has 1 heterocycles. The number of rotatable bonds is 4. The molecule has 0 N–H and O–H groups in total. The number of nitrogens with zero attached hydrogens (tertiary/aromatic N) is 2. The highest BCUT2D eigenvalue weighted by Crippen LogP contribution is 2.31. The molecule has 0 aliphatic rings. The van der Waals surface area contributed by atoms with Gasteiger partial charge < -0.3 is 4.42 Å². The highest BCUT2D eigenvalue weighted by atomic mass is 79.9. The van der Waals surface area contributed by atoms with Crippen molar-refractivity contribution >= 4 is 44.9 Å². The molecule has 0 spiro atoms. The van der Waals surface area contributed by atoms with Crippen molar-refractivity contribution in [3.63, 3.8) is 0 Å². The van der Waals surface area contributed by atoms with E-state index in [1.54, 1.807) is 30.3 Å². The average molecular weight is 430 g/mol. The number of hydrogen-bond acceptors (Lipinski definition) is 4. The smallest absolute Gasteiger partial charge is 0.270 e. The molecule has 0 fully saturated rings. The van der Waals surface area contributed by atoms with Crippen molar-refractivity contribution in [1.82, 2.24) is 0 Å². The van der Waals surface area contributed by atoms with Crippen LogP contribution in [0.4, 0.5) is 5.69 Å². The van der Waals surface area contributed by atoms with E-state index in [1.807, 2.05) is 18.2 Å². The lowest BCUT2D eigenvalue weighted by atomic mass is 10.1. The standard InChI is InChI=1S/C19H10BrClN2O3/c20-17-6-4-13(10-18(17)21)19-7-5-16(26-19)9-14(11-22)12-2-1-3-15(8-12)23(24)25/h1-10H/b14-9-. The molecule has 0 saturated carbocycles.